The second-order valence-electron chi connectivity index (χ2n) is 4.32. The van der Waals surface area contributed by atoms with Gasteiger partial charge in [0, 0.05) is 5.39 Å². The zero-order chi connectivity index (χ0) is 14.8. The number of benzene rings is 2. The first-order chi connectivity index (χ1) is 10.2. The average molecular weight is 283 g/mol. The third-order valence-corrected chi connectivity index (χ3v) is 3.10. The van der Waals surface area contributed by atoms with Gasteiger partial charge in [-0.2, -0.15) is 9.97 Å². The molecule has 0 saturated heterocycles. The van der Waals surface area contributed by atoms with Crippen LogP contribution in [0.4, 0.5) is 0 Å². The summed E-state index contributed by atoms with van der Waals surface area (Å²) in [6.07, 6.45) is 0. The number of nitrogens with zero attached hydrogens (tertiary/aromatic N) is 3. The first-order valence-corrected chi connectivity index (χ1v) is 6.28. The number of aromatic hydroxyl groups is 1. The Morgan fingerprint density at radius 3 is 2.19 bits per heavy atom. The van der Waals surface area contributed by atoms with Crippen molar-refractivity contribution in [1.29, 1.82) is 0 Å². The zero-order valence-electron chi connectivity index (χ0n) is 11.6. The zero-order valence-corrected chi connectivity index (χ0v) is 11.6. The summed E-state index contributed by atoms with van der Waals surface area (Å²) in [6, 6.07) is 11.4. The van der Waals surface area contributed by atoms with E-state index in [0.29, 0.717) is 11.4 Å². The Balaban J connectivity index is 2.22. The van der Waals surface area contributed by atoms with Gasteiger partial charge < -0.3 is 14.6 Å². The Morgan fingerprint density at radius 1 is 0.857 bits per heavy atom. The summed E-state index contributed by atoms with van der Waals surface area (Å²) in [7, 11) is 2.91. The largest absolute Gasteiger partial charge is 0.507 e. The van der Waals surface area contributed by atoms with Crippen LogP contribution in [0, 0.1) is 0 Å². The SMILES string of the molecule is COc1nc(OC)nc(-c2ccc3ccccc3c2O)n1. The van der Waals surface area contributed by atoms with Gasteiger partial charge >= 0.3 is 12.0 Å². The fourth-order valence-electron chi connectivity index (χ4n) is 2.08. The summed E-state index contributed by atoms with van der Waals surface area (Å²) in [4.78, 5) is 12.2. The maximum Gasteiger partial charge on any atom is 0.322 e. The minimum absolute atomic E-state index is 0.114. The molecule has 0 atom stereocenters. The van der Waals surface area contributed by atoms with E-state index in [1.54, 1.807) is 6.07 Å². The molecule has 0 fully saturated rings. The first kappa shape index (κ1) is 13.1. The molecule has 0 unspecified atom stereocenters. The number of phenolic OH excluding ortho intramolecular Hbond substituents is 1. The Morgan fingerprint density at radius 2 is 1.52 bits per heavy atom. The number of hydrogen-bond acceptors (Lipinski definition) is 6. The predicted molar refractivity (Wildman–Crippen MR) is 77.5 cm³/mol. The maximum atomic E-state index is 10.4. The van der Waals surface area contributed by atoms with Crippen molar-refractivity contribution in [2.75, 3.05) is 14.2 Å². The Kier molecular flexibility index (Phi) is 3.27. The Labute approximate surface area is 121 Å². The van der Waals surface area contributed by atoms with Gasteiger partial charge in [-0.1, -0.05) is 30.3 Å². The van der Waals surface area contributed by atoms with E-state index in [1.165, 1.54) is 14.2 Å². The van der Waals surface area contributed by atoms with Gasteiger partial charge in [-0.05, 0) is 11.5 Å². The summed E-state index contributed by atoms with van der Waals surface area (Å²) in [6.45, 7) is 0. The molecule has 3 aromatic rings. The molecule has 1 aromatic heterocycles. The van der Waals surface area contributed by atoms with Crippen molar-refractivity contribution in [3.05, 3.63) is 36.4 Å². The molecule has 0 bridgehead atoms. The lowest BCUT2D eigenvalue weighted by Crippen LogP contribution is -2.01. The monoisotopic (exact) mass is 283 g/mol. The molecule has 1 heterocycles. The molecule has 0 aliphatic heterocycles. The highest BCUT2D eigenvalue weighted by Gasteiger charge is 2.14. The molecular formula is C15H13N3O3. The number of aromatic nitrogens is 3. The number of phenols is 1. The molecule has 0 aliphatic carbocycles. The molecule has 0 radical (unpaired) electrons. The van der Waals surface area contributed by atoms with E-state index in [1.807, 2.05) is 30.3 Å². The van der Waals surface area contributed by atoms with Crippen molar-refractivity contribution >= 4 is 10.8 Å². The van der Waals surface area contributed by atoms with E-state index in [2.05, 4.69) is 15.0 Å². The van der Waals surface area contributed by atoms with Gasteiger partial charge in [0.2, 0.25) is 0 Å². The van der Waals surface area contributed by atoms with Crippen LogP contribution in [0.25, 0.3) is 22.2 Å². The normalized spacial score (nSPS) is 10.6. The molecule has 0 amide bonds. The number of methoxy groups -OCH3 is 2. The van der Waals surface area contributed by atoms with Gasteiger partial charge in [-0.25, -0.2) is 0 Å². The molecule has 3 rings (SSSR count). The molecule has 6 heteroatoms. The van der Waals surface area contributed by atoms with Gasteiger partial charge in [-0.3, -0.25) is 0 Å². The van der Waals surface area contributed by atoms with Gasteiger partial charge in [0.05, 0.1) is 19.8 Å². The summed E-state index contributed by atoms with van der Waals surface area (Å²) < 4.78 is 10.0. The molecule has 0 spiro atoms. The third kappa shape index (κ3) is 2.31. The lowest BCUT2D eigenvalue weighted by Gasteiger charge is -2.08. The Bertz CT molecular complexity index is 783. The molecule has 21 heavy (non-hydrogen) atoms. The van der Waals surface area contributed by atoms with Crippen LogP contribution in [0.3, 0.4) is 0 Å². The van der Waals surface area contributed by atoms with Crippen LogP contribution < -0.4 is 9.47 Å². The van der Waals surface area contributed by atoms with Gasteiger partial charge in [-0.15, -0.1) is 4.98 Å². The minimum atomic E-state index is 0.114. The standard InChI is InChI=1S/C15H13N3O3/c1-20-14-16-13(17-15(18-14)21-2)11-8-7-9-5-3-4-6-10(9)12(11)19/h3-8,19H,1-2H3. The lowest BCUT2D eigenvalue weighted by molar-refractivity contribution is 0.341. The average Bonchev–Trinajstić information content (AvgIpc) is 2.55. The number of fused-ring (bicyclic) bond motifs is 1. The highest BCUT2D eigenvalue weighted by Crippen LogP contribution is 2.34. The number of rotatable bonds is 3. The second kappa shape index (κ2) is 5.24. The highest BCUT2D eigenvalue weighted by molar-refractivity contribution is 5.93. The highest BCUT2D eigenvalue weighted by atomic mass is 16.5. The van der Waals surface area contributed by atoms with E-state index < -0.39 is 0 Å². The quantitative estimate of drug-likeness (QED) is 0.795. The molecular weight excluding hydrogens is 270 g/mol. The number of ether oxygens (including phenoxy) is 2. The van der Waals surface area contributed by atoms with E-state index >= 15 is 0 Å². The summed E-state index contributed by atoms with van der Waals surface area (Å²) in [5, 5.41) is 12.1. The molecule has 2 aromatic carbocycles. The molecule has 6 nitrogen and oxygen atoms in total. The smallest absolute Gasteiger partial charge is 0.322 e. The maximum absolute atomic E-state index is 10.4. The van der Waals surface area contributed by atoms with E-state index in [0.717, 1.165) is 10.8 Å². The van der Waals surface area contributed by atoms with Crippen molar-refractivity contribution in [3.63, 3.8) is 0 Å². The predicted octanol–water partition coefficient (Wildman–Crippen LogP) is 2.41. The van der Waals surface area contributed by atoms with Crippen LogP contribution in [-0.4, -0.2) is 34.3 Å². The first-order valence-electron chi connectivity index (χ1n) is 6.28. The third-order valence-electron chi connectivity index (χ3n) is 3.10. The molecule has 0 aliphatic rings. The second-order valence-corrected chi connectivity index (χ2v) is 4.32. The molecule has 0 saturated carbocycles. The van der Waals surface area contributed by atoms with E-state index in [-0.39, 0.29) is 17.8 Å². The van der Waals surface area contributed by atoms with Crippen molar-refractivity contribution in [2.45, 2.75) is 0 Å². The van der Waals surface area contributed by atoms with Crippen LogP contribution in [-0.2, 0) is 0 Å². The fraction of sp³-hybridized carbons (Fsp3) is 0.133. The van der Waals surface area contributed by atoms with Crippen molar-refractivity contribution in [3.8, 4) is 29.2 Å². The van der Waals surface area contributed by atoms with Crippen LogP contribution in [0.15, 0.2) is 36.4 Å². The van der Waals surface area contributed by atoms with Crippen LogP contribution in [0.1, 0.15) is 0 Å². The topological polar surface area (TPSA) is 77.4 Å². The van der Waals surface area contributed by atoms with Gasteiger partial charge in [0.25, 0.3) is 0 Å². The summed E-state index contributed by atoms with van der Waals surface area (Å²) in [5.74, 6) is 0.408. The summed E-state index contributed by atoms with van der Waals surface area (Å²) in [5.41, 5.74) is 0.493. The van der Waals surface area contributed by atoms with Crippen molar-refractivity contribution < 1.29 is 14.6 Å². The van der Waals surface area contributed by atoms with Crippen molar-refractivity contribution in [1.82, 2.24) is 15.0 Å². The van der Waals surface area contributed by atoms with Gasteiger partial charge in [0.1, 0.15) is 5.75 Å². The molecule has 1 N–H and O–H groups in total. The van der Waals surface area contributed by atoms with E-state index in [4.69, 9.17) is 9.47 Å². The van der Waals surface area contributed by atoms with Crippen LogP contribution >= 0.6 is 0 Å². The summed E-state index contributed by atoms with van der Waals surface area (Å²) >= 11 is 0. The van der Waals surface area contributed by atoms with Crippen LogP contribution in [0.5, 0.6) is 17.8 Å². The van der Waals surface area contributed by atoms with Crippen LogP contribution in [0.2, 0.25) is 0 Å². The van der Waals surface area contributed by atoms with Gasteiger partial charge in [0.15, 0.2) is 5.82 Å². The Hall–Kier alpha value is -2.89. The minimum Gasteiger partial charge on any atom is -0.507 e. The molecule has 106 valence electrons. The van der Waals surface area contributed by atoms with Crippen molar-refractivity contribution in [2.24, 2.45) is 0 Å². The number of hydrogen-bond donors (Lipinski definition) is 1. The fourth-order valence-corrected chi connectivity index (χ4v) is 2.08. The lowest BCUT2D eigenvalue weighted by atomic mass is 10.0. The van der Waals surface area contributed by atoms with E-state index in [9.17, 15) is 5.11 Å².